The van der Waals surface area contributed by atoms with Crippen molar-refractivity contribution in [1.29, 1.82) is 0 Å². The molecule has 132 valence electrons. The molecule has 1 aromatic heterocycles. The predicted octanol–water partition coefficient (Wildman–Crippen LogP) is 3.26. The molecule has 1 unspecified atom stereocenters. The van der Waals surface area contributed by atoms with Gasteiger partial charge in [0.25, 0.3) is 0 Å². The summed E-state index contributed by atoms with van der Waals surface area (Å²) in [4.78, 5) is 4.26. The maximum atomic E-state index is 6.04. The molecule has 1 aromatic carbocycles. The zero-order valence-electron chi connectivity index (χ0n) is 13.9. The Morgan fingerprint density at radius 2 is 2.04 bits per heavy atom. The zero-order valence-corrected chi connectivity index (χ0v) is 17.0. The molecule has 0 saturated carbocycles. The molecule has 8 heteroatoms. The Kier molecular flexibility index (Phi) is 9.70. The molecule has 0 aliphatic rings. The van der Waals surface area contributed by atoms with Crippen LogP contribution in [-0.4, -0.2) is 34.3 Å². The fraction of sp³-hybridized carbons (Fsp3) is 0.438. The van der Waals surface area contributed by atoms with Gasteiger partial charge in [-0.2, -0.15) is 0 Å². The largest absolute Gasteiger partial charge is 0.356 e. The summed E-state index contributed by atoms with van der Waals surface area (Å²) in [6, 6.07) is 7.98. The highest BCUT2D eigenvalue weighted by Crippen LogP contribution is 2.17. The summed E-state index contributed by atoms with van der Waals surface area (Å²) in [5.41, 5.74) is 1.13. The van der Waals surface area contributed by atoms with Crippen LogP contribution in [0.15, 0.2) is 41.9 Å². The van der Waals surface area contributed by atoms with E-state index >= 15 is 0 Å². The van der Waals surface area contributed by atoms with Crippen molar-refractivity contribution >= 4 is 41.5 Å². The van der Waals surface area contributed by atoms with Crippen LogP contribution in [0.25, 0.3) is 0 Å². The third-order valence-electron chi connectivity index (χ3n) is 3.53. The number of benzene rings is 1. The van der Waals surface area contributed by atoms with Crippen LogP contribution in [0.4, 0.5) is 0 Å². The highest BCUT2D eigenvalue weighted by molar-refractivity contribution is 14.0. The number of guanidine groups is 1. The Bertz CT molecular complexity index is 617. The Labute approximate surface area is 165 Å². The summed E-state index contributed by atoms with van der Waals surface area (Å²) >= 11 is 6.04. The second-order valence-electron chi connectivity index (χ2n) is 5.33. The summed E-state index contributed by atoms with van der Waals surface area (Å²) in [5, 5.41) is 15.0. The number of unbranched alkanes of at least 4 members (excludes halogenated alkanes) is 1. The summed E-state index contributed by atoms with van der Waals surface area (Å²) in [5.74, 6) is 0.793. The first-order valence-electron chi connectivity index (χ1n) is 7.74. The van der Waals surface area contributed by atoms with Gasteiger partial charge in [-0.05, 0) is 37.5 Å². The molecule has 2 aromatic rings. The van der Waals surface area contributed by atoms with E-state index in [1.807, 2.05) is 22.8 Å². The molecule has 1 atom stereocenters. The number of nitrogens with zero attached hydrogens (tertiary/aromatic N) is 4. The first-order valence-corrected chi connectivity index (χ1v) is 8.12. The summed E-state index contributed by atoms with van der Waals surface area (Å²) in [6.07, 6.45) is 5.58. The number of rotatable bonds is 7. The van der Waals surface area contributed by atoms with E-state index in [4.69, 9.17) is 11.6 Å². The molecule has 0 fully saturated rings. The monoisotopic (exact) mass is 462 g/mol. The van der Waals surface area contributed by atoms with E-state index < -0.39 is 0 Å². The number of hydrogen-bond donors (Lipinski definition) is 2. The van der Waals surface area contributed by atoms with Crippen molar-refractivity contribution in [3.63, 3.8) is 0 Å². The maximum Gasteiger partial charge on any atom is 0.191 e. The SMILES string of the molecule is CN=C(NCCCCn1cnnc1)NC(C)c1cccc(Cl)c1.I. The molecule has 0 spiro atoms. The molecule has 24 heavy (non-hydrogen) atoms. The molecule has 0 aliphatic heterocycles. The number of halogens is 2. The maximum absolute atomic E-state index is 6.04. The van der Waals surface area contributed by atoms with E-state index in [9.17, 15) is 0 Å². The van der Waals surface area contributed by atoms with Gasteiger partial charge in [0.1, 0.15) is 12.7 Å². The molecule has 0 radical (unpaired) electrons. The van der Waals surface area contributed by atoms with Crippen molar-refractivity contribution in [3.05, 3.63) is 47.5 Å². The summed E-state index contributed by atoms with van der Waals surface area (Å²) in [7, 11) is 1.77. The first-order chi connectivity index (χ1) is 11.2. The van der Waals surface area contributed by atoms with Gasteiger partial charge < -0.3 is 15.2 Å². The zero-order chi connectivity index (χ0) is 16.5. The number of aromatic nitrogens is 3. The van der Waals surface area contributed by atoms with Gasteiger partial charge in [0.15, 0.2) is 5.96 Å². The van der Waals surface area contributed by atoms with E-state index in [1.165, 1.54) is 0 Å². The third kappa shape index (κ3) is 7.04. The molecule has 0 saturated heterocycles. The normalized spacial score (nSPS) is 12.4. The second kappa shape index (κ2) is 11.2. The van der Waals surface area contributed by atoms with Gasteiger partial charge in [0.05, 0.1) is 6.04 Å². The lowest BCUT2D eigenvalue weighted by Gasteiger charge is -2.18. The predicted molar refractivity (Wildman–Crippen MR) is 109 cm³/mol. The second-order valence-corrected chi connectivity index (χ2v) is 5.76. The summed E-state index contributed by atoms with van der Waals surface area (Å²) in [6.45, 7) is 3.88. The van der Waals surface area contributed by atoms with E-state index in [0.717, 1.165) is 42.5 Å². The van der Waals surface area contributed by atoms with Crippen molar-refractivity contribution in [3.8, 4) is 0 Å². The molecule has 2 N–H and O–H groups in total. The van der Waals surface area contributed by atoms with E-state index in [0.29, 0.717) is 0 Å². The van der Waals surface area contributed by atoms with Crippen molar-refractivity contribution in [2.75, 3.05) is 13.6 Å². The molecular weight excluding hydrogens is 439 g/mol. The minimum atomic E-state index is 0. The smallest absolute Gasteiger partial charge is 0.191 e. The van der Waals surface area contributed by atoms with E-state index in [1.54, 1.807) is 19.7 Å². The Hall–Kier alpha value is -1.35. The Balaban J connectivity index is 0.00000288. The molecule has 0 bridgehead atoms. The minimum absolute atomic E-state index is 0. The molecule has 0 aliphatic carbocycles. The highest BCUT2D eigenvalue weighted by Gasteiger charge is 2.07. The van der Waals surface area contributed by atoms with Gasteiger partial charge in [-0.3, -0.25) is 4.99 Å². The van der Waals surface area contributed by atoms with Crippen LogP contribution in [-0.2, 0) is 6.54 Å². The average molecular weight is 463 g/mol. The van der Waals surface area contributed by atoms with Crippen LogP contribution < -0.4 is 10.6 Å². The lowest BCUT2D eigenvalue weighted by atomic mass is 10.1. The quantitative estimate of drug-likeness (QED) is 0.287. The van der Waals surface area contributed by atoms with Gasteiger partial charge in [-0.25, -0.2) is 0 Å². The molecule has 0 amide bonds. The topological polar surface area (TPSA) is 67.1 Å². The number of hydrogen-bond acceptors (Lipinski definition) is 3. The number of aryl methyl sites for hydroxylation is 1. The van der Waals surface area contributed by atoms with E-state index in [2.05, 4.69) is 38.8 Å². The van der Waals surface area contributed by atoms with E-state index in [-0.39, 0.29) is 30.0 Å². The molecule has 6 nitrogen and oxygen atoms in total. The van der Waals surface area contributed by atoms with Crippen LogP contribution in [0.1, 0.15) is 31.4 Å². The van der Waals surface area contributed by atoms with Gasteiger partial charge in [0.2, 0.25) is 0 Å². The van der Waals surface area contributed by atoms with Crippen LogP contribution >= 0.6 is 35.6 Å². The first kappa shape index (κ1) is 20.7. The number of nitrogens with one attached hydrogen (secondary N) is 2. The van der Waals surface area contributed by atoms with Gasteiger partial charge >= 0.3 is 0 Å². The van der Waals surface area contributed by atoms with Gasteiger partial charge in [-0.15, -0.1) is 34.2 Å². The number of aliphatic imine (C=N–C) groups is 1. The van der Waals surface area contributed by atoms with Crippen molar-refractivity contribution in [1.82, 2.24) is 25.4 Å². The molecular formula is C16H24ClIN6. The minimum Gasteiger partial charge on any atom is -0.356 e. The van der Waals surface area contributed by atoms with Crippen LogP contribution in [0.3, 0.4) is 0 Å². The van der Waals surface area contributed by atoms with Gasteiger partial charge in [-0.1, -0.05) is 23.7 Å². The Morgan fingerprint density at radius 1 is 1.29 bits per heavy atom. The highest BCUT2D eigenvalue weighted by atomic mass is 127. The van der Waals surface area contributed by atoms with Gasteiger partial charge in [0, 0.05) is 25.2 Å². The van der Waals surface area contributed by atoms with Crippen LogP contribution in [0.5, 0.6) is 0 Å². The fourth-order valence-corrected chi connectivity index (χ4v) is 2.42. The molecule has 2 rings (SSSR count). The fourth-order valence-electron chi connectivity index (χ4n) is 2.22. The summed E-state index contributed by atoms with van der Waals surface area (Å²) < 4.78 is 1.98. The van der Waals surface area contributed by atoms with Crippen LogP contribution in [0.2, 0.25) is 5.02 Å². The lowest BCUT2D eigenvalue weighted by Crippen LogP contribution is -2.39. The van der Waals surface area contributed by atoms with Crippen molar-refractivity contribution in [2.24, 2.45) is 4.99 Å². The van der Waals surface area contributed by atoms with Crippen molar-refractivity contribution in [2.45, 2.75) is 32.4 Å². The van der Waals surface area contributed by atoms with Crippen molar-refractivity contribution < 1.29 is 0 Å². The van der Waals surface area contributed by atoms with Crippen LogP contribution in [0, 0.1) is 0 Å². The standard InChI is InChI=1S/C16H23ClN6.HI/c1-13(14-6-5-7-15(17)10-14)22-16(18-2)19-8-3-4-9-23-11-20-21-12-23;/h5-7,10-13H,3-4,8-9H2,1-2H3,(H2,18,19,22);1H. The third-order valence-corrected chi connectivity index (χ3v) is 3.76. The average Bonchev–Trinajstić information content (AvgIpc) is 3.06. The Morgan fingerprint density at radius 3 is 2.71 bits per heavy atom. The molecule has 1 heterocycles. The lowest BCUT2D eigenvalue weighted by molar-refractivity contribution is 0.593.